The van der Waals surface area contributed by atoms with E-state index >= 15 is 0 Å². The average molecular weight is 507 g/mol. The van der Waals surface area contributed by atoms with Crippen LogP contribution in [0.3, 0.4) is 0 Å². The van der Waals surface area contributed by atoms with Crippen molar-refractivity contribution >= 4 is 29.9 Å². The van der Waals surface area contributed by atoms with E-state index in [-0.39, 0.29) is 24.0 Å². The van der Waals surface area contributed by atoms with Crippen molar-refractivity contribution in [3.63, 3.8) is 0 Å². The number of likely N-dealkylation sites (tertiary alicyclic amines) is 1. The topological polar surface area (TPSA) is 46.1 Å². The minimum Gasteiger partial charge on any atom is -0.356 e. The smallest absolute Gasteiger partial charge is 0.191 e. The normalized spacial score (nSPS) is 27.0. The van der Waals surface area contributed by atoms with E-state index in [4.69, 9.17) is 0 Å². The van der Waals surface area contributed by atoms with E-state index in [9.17, 15) is 0 Å². The van der Waals surface area contributed by atoms with Gasteiger partial charge in [-0.15, -0.1) is 24.0 Å². The lowest BCUT2D eigenvalue weighted by molar-refractivity contribution is 0.124. The number of hydrogen-bond acceptors (Lipinski definition) is 4. The van der Waals surface area contributed by atoms with Gasteiger partial charge in [-0.3, -0.25) is 9.89 Å². The van der Waals surface area contributed by atoms with Crippen LogP contribution >= 0.6 is 24.0 Å². The first-order valence-corrected chi connectivity index (χ1v) is 11.3. The van der Waals surface area contributed by atoms with E-state index in [0.717, 1.165) is 18.5 Å². The van der Waals surface area contributed by atoms with E-state index in [1.165, 1.54) is 84.5 Å². The van der Waals surface area contributed by atoms with Gasteiger partial charge in [0.05, 0.1) is 0 Å². The Morgan fingerprint density at radius 1 is 1.04 bits per heavy atom. The number of piperazine rings is 1. The van der Waals surface area contributed by atoms with Crippen LogP contribution < -0.4 is 10.6 Å². The minimum atomic E-state index is 0. The van der Waals surface area contributed by atoms with Crippen LogP contribution in [-0.4, -0.2) is 98.7 Å². The highest BCUT2D eigenvalue weighted by molar-refractivity contribution is 14.0. The second kappa shape index (κ2) is 12.5. The zero-order valence-electron chi connectivity index (χ0n) is 18.3. The molecule has 2 N–H and O–H groups in total. The Morgan fingerprint density at radius 3 is 2.36 bits per heavy atom. The Labute approximate surface area is 189 Å². The summed E-state index contributed by atoms with van der Waals surface area (Å²) in [7, 11) is 1.90. The molecule has 6 nitrogen and oxygen atoms in total. The molecule has 7 heteroatoms. The van der Waals surface area contributed by atoms with Gasteiger partial charge in [0.2, 0.25) is 0 Å². The lowest BCUT2D eigenvalue weighted by Crippen LogP contribution is -2.49. The molecule has 1 aliphatic carbocycles. The van der Waals surface area contributed by atoms with Crippen molar-refractivity contribution in [2.24, 2.45) is 10.9 Å². The molecule has 1 saturated carbocycles. The number of nitrogens with one attached hydrogen (secondary N) is 2. The van der Waals surface area contributed by atoms with Gasteiger partial charge in [0, 0.05) is 71.5 Å². The molecule has 28 heavy (non-hydrogen) atoms. The van der Waals surface area contributed by atoms with E-state index < -0.39 is 0 Å². The predicted molar refractivity (Wildman–Crippen MR) is 130 cm³/mol. The molecule has 3 fully saturated rings. The largest absolute Gasteiger partial charge is 0.356 e. The maximum atomic E-state index is 4.47. The summed E-state index contributed by atoms with van der Waals surface area (Å²) in [6.45, 7) is 15.3. The molecular formula is C21H43IN6. The number of guanidine groups is 1. The van der Waals surface area contributed by atoms with Gasteiger partial charge in [-0.2, -0.15) is 0 Å². The molecule has 2 unspecified atom stereocenters. The molecule has 3 aliphatic rings. The molecule has 0 aromatic rings. The van der Waals surface area contributed by atoms with Crippen LogP contribution in [0.4, 0.5) is 0 Å². The van der Waals surface area contributed by atoms with Gasteiger partial charge < -0.3 is 20.4 Å². The zero-order valence-corrected chi connectivity index (χ0v) is 20.7. The monoisotopic (exact) mass is 506 g/mol. The fraction of sp³-hybridized carbons (Fsp3) is 0.952. The molecule has 2 saturated heterocycles. The molecule has 0 aromatic carbocycles. The molecule has 0 spiro atoms. The SMILES string of the molecule is CCN1CCN(CC(C)CNC(=NC)NC2CCN(C3CCCC3)C2)CC1.I. The molecule has 2 atom stereocenters. The van der Waals surface area contributed by atoms with Crippen LogP contribution in [-0.2, 0) is 0 Å². The van der Waals surface area contributed by atoms with Crippen molar-refractivity contribution in [3.05, 3.63) is 0 Å². The molecule has 2 aliphatic heterocycles. The zero-order chi connectivity index (χ0) is 19.1. The van der Waals surface area contributed by atoms with Crippen LogP contribution in [0, 0.1) is 5.92 Å². The Bertz CT molecular complexity index is 460. The molecule has 0 amide bonds. The van der Waals surface area contributed by atoms with Gasteiger partial charge in [-0.1, -0.05) is 26.7 Å². The van der Waals surface area contributed by atoms with Crippen molar-refractivity contribution in [1.29, 1.82) is 0 Å². The highest BCUT2D eigenvalue weighted by atomic mass is 127. The lowest BCUT2D eigenvalue weighted by atomic mass is 10.1. The van der Waals surface area contributed by atoms with Gasteiger partial charge in [-0.05, 0) is 31.7 Å². The summed E-state index contributed by atoms with van der Waals surface area (Å²) in [6.07, 6.45) is 6.91. The lowest BCUT2D eigenvalue weighted by Gasteiger charge is -2.35. The first-order chi connectivity index (χ1) is 13.2. The van der Waals surface area contributed by atoms with Gasteiger partial charge in [0.1, 0.15) is 0 Å². The van der Waals surface area contributed by atoms with Crippen molar-refractivity contribution in [3.8, 4) is 0 Å². The number of nitrogens with zero attached hydrogens (tertiary/aromatic N) is 4. The van der Waals surface area contributed by atoms with Crippen LogP contribution in [0.1, 0.15) is 46.0 Å². The van der Waals surface area contributed by atoms with Gasteiger partial charge >= 0.3 is 0 Å². The molecule has 164 valence electrons. The number of rotatable bonds is 7. The summed E-state index contributed by atoms with van der Waals surface area (Å²) in [5.74, 6) is 1.62. The highest BCUT2D eigenvalue weighted by Gasteiger charge is 2.30. The maximum Gasteiger partial charge on any atom is 0.191 e. The number of halogens is 1. The molecule has 0 radical (unpaired) electrons. The summed E-state index contributed by atoms with van der Waals surface area (Å²) in [5.41, 5.74) is 0. The third-order valence-electron chi connectivity index (χ3n) is 6.73. The molecule has 2 heterocycles. The minimum absolute atomic E-state index is 0. The number of aliphatic imine (C=N–C) groups is 1. The second-order valence-electron chi connectivity index (χ2n) is 8.86. The number of likely N-dealkylation sites (N-methyl/N-ethyl adjacent to an activating group) is 1. The first-order valence-electron chi connectivity index (χ1n) is 11.3. The number of hydrogen-bond donors (Lipinski definition) is 2. The quantitative estimate of drug-likeness (QED) is 0.315. The predicted octanol–water partition coefficient (Wildman–Crippen LogP) is 2.06. The fourth-order valence-corrected chi connectivity index (χ4v) is 4.96. The van der Waals surface area contributed by atoms with Crippen LogP contribution in [0.25, 0.3) is 0 Å². The summed E-state index contributed by atoms with van der Waals surface area (Å²) in [4.78, 5) is 12.3. The summed E-state index contributed by atoms with van der Waals surface area (Å²) in [5, 5.41) is 7.24. The fourth-order valence-electron chi connectivity index (χ4n) is 4.96. The summed E-state index contributed by atoms with van der Waals surface area (Å²) < 4.78 is 0. The van der Waals surface area contributed by atoms with Crippen molar-refractivity contribution < 1.29 is 0 Å². The van der Waals surface area contributed by atoms with Gasteiger partial charge in [-0.25, -0.2) is 0 Å². The summed E-state index contributed by atoms with van der Waals surface area (Å²) >= 11 is 0. The maximum absolute atomic E-state index is 4.47. The van der Waals surface area contributed by atoms with Crippen LogP contribution in [0.2, 0.25) is 0 Å². The standard InChI is InChI=1S/C21H42N6.HI/c1-4-25-11-13-26(14-12-25)16-18(2)15-23-21(22-3)24-19-9-10-27(17-19)20-7-5-6-8-20;/h18-20H,4-17H2,1-3H3,(H2,22,23,24);1H. The Morgan fingerprint density at radius 2 is 1.71 bits per heavy atom. The van der Waals surface area contributed by atoms with Gasteiger partial charge in [0.25, 0.3) is 0 Å². The second-order valence-corrected chi connectivity index (χ2v) is 8.86. The van der Waals surface area contributed by atoms with Crippen molar-refractivity contribution in [2.45, 2.75) is 58.0 Å². The van der Waals surface area contributed by atoms with Crippen molar-refractivity contribution in [1.82, 2.24) is 25.3 Å². The Balaban J connectivity index is 0.00000280. The third kappa shape index (κ3) is 7.29. The van der Waals surface area contributed by atoms with E-state index in [0.29, 0.717) is 12.0 Å². The molecule has 3 rings (SSSR count). The Hall–Kier alpha value is -0.120. The Kier molecular flexibility index (Phi) is 10.8. The third-order valence-corrected chi connectivity index (χ3v) is 6.73. The molecule has 0 aromatic heterocycles. The van der Waals surface area contributed by atoms with E-state index in [1.54, 1.807) is 0 Å². The van der Waals surface area contributed by atoms with E-state index in [1.807, 2.05) is 7.05 Å². The van der Waals surface area contributed by atoms with Gasteiger partial charge in [0.15, 0.2) is 5.96 Å². The van der Waals surface area contributed by atoms with Crippen LogP contribution in [0.5, 0.6) is 0 Å². The van der Waals surface area contributed by atoms with Crippen molar-refractivity contribution in [2.75, 3.05) is 66.0 Å². The molecule has 0 bridgehead atoms. The highest BCUT2D eigenvalue weighted by Crippen LogP contribution is 2.26. The summed E-state index contributed by atoms with van der Waals surface area (Å²) in [6, 6.07) is 1.40. The first kappa shape index (κ1) is 24.2. The molecular weight excluding hydrogens is 463 g/mol. The van der Waals surface area contributed by atoms with E-state index in [2.05, 4.69) is 44.2 Å². The van der Waals surface area contributed by atoms with Crippen LogP contribution in [0.15, 0.2) is 4.99 Å². The average Bonchev–Trinajstić information content (AvgIpc) is 3.37.